The lowest BCUT2D eigenvalue weighted by Crippen LogP contribution is -2.23. The molecule has 0 saturated carbocycles. The Hall–Kier alpha value is -2.97. The second-order valence-corrected chi connectivity index (χ2v) is 9.52. The summed E-state index contributed by atoms with van der Waals surface area (Å²) in [6.45, 7) is 6.51. The quantitative estimate of drug-likeness (QED) is 0.316. The van der Waals surface area contributed by atoms with E-state index in [0.29, 0.717) is 11.7 Å². The number of nitrogens with zero attached hydrogens (tertiary/aromatic N) is 3. The van der Waals surface area contributed by atoms with Gasteiger partial charge >= 0.3 is 0 Å². The molecule has 1 unspecified atom stereocenters. The summed E-state index contributed by atoms with van der Waals surface area (Å²) in [4.78, 5) is 15.1. The van der Waals surface area contributed by atoms with Crippen LogP contribution in [0.25, 0.3) is 11.4 Å². The number of aryl methyl sites for hydroxylation is 1. The van der Waals surface area contributed by atoms with E-state index in [4.69, 9.17) is 4.42 Å². The van der Waals surface area contributed by atoms with Gasteiger partial charge in [0.25, 0.3) is 0 Å². The van der Waals surface area contributed by atoms with Crippen molar-refractivity contribution in [2.45, 2.75) is 47.5 Å². The molecule has 8 heteroatoms. The van der Waals surface area contributed by atoms with Crippen molar-refractivity contribution in [1.82, 2.24) is 14.8 Å². The molecule has 0 spiro atoms. The largest absolute Gasteiger partial charge is 0.469 e. The lowest BCUT2D eigenvalue weighted by Gasteiger charge is -2.15. The van der Waals surface area contributed by atoms with E-state index in [1.807, 2.05) is 73.9 Å². The Kier molecular flexibility index (Phi) is 7.02. The third-order valence-electron chi connectivity index (χ3n) is 4.90. The first kappa shape index (κ1) is 22.2. The summed E-state index contributed by atoms with van der Waals surface area (Å²) in [5, 5.41) is 12.1. The average molecular weight is 465 g/mol. The van der Waals surface area contributed by atoms with Gasteiger partial charge in [-0.2, -0.15) is 0 Å². The Labute approximate surface area is 195 Å². The zero-order chi connectivity index (χ0) is 22.5. The minimum Gasteiger partial charge on any atom is -0.469 e. The van der Waals surface area contributed by atoms with Crippen LogP contribution in [0, 0.1) is 6.92 Å². The number of furan rings is 1. The molecule has 2 aromatic carbocycles. The molecule has 32 heavy (non-hydrogen) atoms. The summed E-state index contributed by atoms with van der Waals surface area (Å²) in [7, 11) is 0. The van der Waals surface area contributed by atoms with Crippen LogP contribution < -0.4 is 5.32 Å². The number of hydrogen-bond acceptors (Lipinski definition) is 6. The van der Waals surface area contributed by atoms with Crippen LogP contribution in [0.3, 0.4) is 0 Å². The van der Waals surface area contributed by atoms with Crippen LogP contribution in [0.15, 0.2) is 86.3 Å². The minimum absolute atomic E-state index is 0.0807. The number of thioether (sulfide) groups is 1. The van der Waals surface area contributed by atoms with Crippen LogP contribution in [0.1, 0.15) is 19.6 Å². The number of benzene rings is 2. The molecule has 1 atom stereocenters. The van der Waals surface area contributed by atoms with Crippen LogP contribution >= 0.6 is 23.5 Å². The molecule has 0 bridgehead atoms. The SMILES string of the molecule is CCn1c(SC(C)C(=O)Nc2ccccc2Sc2ccccc2)nnc1-c1ccoc1C. The normalized spacial score (nSPS) is 12.0. The number of hydrogen-bond donors (Lipinski definition) is 1. The smallest absolute Gasteiger partial charge is 0.237 e. The summed E-state index contributed by atoms with van der Waals surface area (Å²) in [6, 6.07) is 19.8. The number of amides is 1. The van der Waals surface area contributed by atoms with Gasteiger partial charge in [0.15, 0.2) is 11.0 Å². The van der Waals surface area contributed by atoms with Crippen LogP contribution in [0.2, 0.25) is 0 Å². The number of nitrogens with one attached hydrogen (secondary N) is 1. The van der Waals surface area contributed by atoms with Gasteiger partial charge in [-0.15, -0.1) is 10.2 Å². The highest BCUT2D eigenvalue weighted by Gasteiger charge is 2.22. The predicted molar refractivity (Wildman–Crippen MR) is 129 cm³/mol. The second kappa shape index (κ2) is 10.1. The van der Waals surface area contributed by atoms with Crippen molar-refractivity contribution >= 4 is 35.1 Å². The molecule has 0 aliphatic rings. The third-order valence-corrected chi connectivity index (χ3v) is 7.06. The van der Waals surface area contributed by atoms with Crippen molar-refractivity contribution in [3.8, 4) is 11.4 Å². The zero-order valence-corrected chi connectivity index (χ0v) is 19.7. The summed E-state index contributed by atoms with van der Waals surface area (Å²) in [5.74, 6) is 1.46. The summed E-state index contributed by atoms with van der Waals surface area (Å²) >= 11 is 3.02. The molecule has 1 N–H and O–H groups in total. The molecular weight excluding hydrogens is 440 g/mol. The van der Waals surface area contributed by atoms with Gasteiger partial charge in [-0.1, -0.05) is 53.9 Å². The van der Waals surface area contributed by atoms with Gasteiger partial charge in [-0.3, -0.25) is 4.79 Å². The fourth-order valence-electron chi connectivity index (χ4n) is 3.20. The Morgan fingerprint density at radius 2 is 1.84 bits per heavy atom. The molecule has 6 nitrogen and oxygen atoms in total. The van der Waals surface area contributed by atoms with Crippen molar-refractivity contribution in [2.24, 2.45) is 0 Å². The highest BCUT2D eigenvalue weighted by Crippen LogP contribution is 2.34. The summed E-state index contributed by atoms with van der Waals surface area (Å²) < 4.78 is 7.42. The van der Waals surface area contributed by atoms with Crippen molar-refractivity contribution in [3.05, 3.63) is 72.7 Å². The Bertz CT molecular complexity index is 1200. The van der Waals surface area contributed by atoms with E-state index in [1.165, 1.54) is 11.8 Å². The summed E-state index contributed by atoms with van der Waals surface area (Å²) in [6.07, 6.45) is 1.65. The molecule has 4 aromatic rings. The van der Waals surface area contributed by atoms with Gasteiger partial charge in [0, 0.05) is 16.3 Å². The lowest BCUT2D eigenvalue weighted by atomic mass is 10.2. The first-order valence-corrected chi connectivity index (χ1v) is 12.0. The fraction of sp³-hybridized carbons (Fsp3) is 0.208. The standard InChI is InChI=1S/C24H24N4O2S2/c1-4-28-22(19-14-15-30-16(19)2)26-27-24(28)31-17(3)23(29)25-20-12-8-9-13-21(20)32-18-10-6-5-7-11-18/h5-15,17H,4H2,1-3H3,(H,25,29). The zero-order valence-electron chi connectivity index (χ0n) is 18.1. The van der Waals surface area contributed by atoms with E-state index in [2.05, 4.69) is 27.6 Å². The maximum absolute atomic E-state index is 13.0. The second-order valence-electron chi connectivity index (χ2n) is 7.10. The number of aromatic nitrogens is 3. The van der Waals surface area contributed by atoms with Crippen molar-refractivity contribution in [1.29, 1.82) is 0 Å². The minimum atomic E-state index is -0.349. The van der Waals surface area contributed by atoms with E-state index in [9.17, 15) is 4.79 Å². The highest BCUT2D eigenvalue weighted by atomic mass is 32.2. The molecule has 0 aliphatic carbocycles. The number of carbonyl (C=O) groups excluding carboxylic acids is 1. The van der Waals surface area contributed by atoms with Crippen LogP contribution in [0.4, 0.5) is 5.69 Å². The maximum atomic E-state index is 13.0. The van der Waals surface area contributed by atoms with Crippen molar-refractivity contribution in [2.75, 3.05) is 5.32 Å². The molecule has 1 amide bonds. The van der Waals surface area contributed by atoms with Gasteiger partial charge in [0.1, 0.15) is 5.76 Å². The molecular formula is C24H24N4O2S2. The molecule has 0 aliphatic heterocycles. The van der Waals surface area contributed by atoms with Gasteiger partial charge < -0.3 is 14.3 Å². The Morgan fingerprint density at radius 3 is 2.56 bits per heavy atom. The molecule has 0 fully saturated rings. The Morgan fingerprint density at radius 1 is 1.09 bits per heavy atom. The van der Waals surface area contributed by atoms with Crippen LogP contribution in [0.5, 0.6) is 0 Å². The molecule has 2 heterocycles. The van der Waals surface area contributed by atoms with Gasteiger partial charge in [-0.05, 0) is 51.1 Å². The topological polar surface area (TPSA) is 73.0 Å². The van der Waals surface area contributed by atoms with E-state index in [-0.39, 0.29) is 11.2 Å². The highest BCUT2D eigenvalue weighted by molar-refractivity contribution is 8.00. The molecule has 2 aromatic heterocycles. The maximum Gasteiger partial charge on any atom is 0.237 e. The van der Waals surface area contributed by atoms with Crippen molar-refractivity contribution in [3.63, 3.8) is 0 Å². The fourth-order valence-corrected chi connectivity index (χ4v) is 5.03. The van der Waals surface area contributed by atoms with Gasteiger partial charge in [0.05, 0.1) is 22.8 Å². The Balaban J connectivity index is 1.48. The number of anilines is 1. The van der Waals surface area contributed by atoms with E-state index in [1.54, 1.807) is 18.0 Å². The first-order valence-electron chi connectivity index (χ1n) is 10.3. The lowest BCUT2D eigenvalue weighted by molar-refractivity contribution is -0.115. The number of rotatable bonds is 8. The summed E-state index contributed by atoms with van der Waals surface area (Å²) in [5.41, 5.74) is 1.71. The average Bonchev–Trinajstić information content (AvgIpc) is 3.40. The number of para-hydroxylation sites is 1. The van der Waals surface area contributed by atoms with E-state index in [0.717, 1.165) is 32.6 Å². The van der Waals surface area contributed by atoms with E-state index >= 15 is 0 Å². The van der Waals surface area contributed by atoms with Crippen LogP contribution in [-0.4, -0.2) is 25.9 Å². The van der Waals surface area contributed by atoms with Crippen molar-refractivity contribution < 1.29 is 9.21 Å². The molecule has 0 saturated heterocycles. The van der Waals surface area contributed by atoms with Gasteiger partial charge in [0.2, 0.25) is 5.91 Å². The third kappa shape index (κ3) is 4.92. The first-order chi connectivity index (χ1) is 15.6. The van der Waals surface area contributed by atoms with E-state index < -0.39 is 0 Å². The number of carbonyl (C=O) groups is 1. The molecule has 164 valence electrons. The molecule has 0 radical (unpaired) electrons. The molecule has 4 rings (SSSR count). The predicted octanol–water partition coefficient (Wildman–Crippen LogP) is 6.14. The van der Waals surface area contributed by atoms with Crippen LogP contribution in [-0.2, 0) is 11.3 Å². The van der Waals surface area contributed by atoms with Gasteiger partial charge in [-0.25, -0.2) is 0 Å². The monoisotopic (exact) mass is 464 g/mol.